The van der Waals surface area contributed by atoms with Gasteiger partial charge in [0, 0.05) is 17.0 Å². The van der Waals surface area contributed by atoms with Crippen LogP contribution in [0.15, 0.2) is 11.4 Å². The largest absolute Gasteiger partial charge is 0.326 e. The van der Waals surface area contributed by atoms with Crippen molar-refractivity contribution in [2.45, 2.75) is 65.1 Å². The average molecular weight is 280 g/mol. The molecule has 4 atom stereocenters. The van der Waals surface area contributed by atoms with E-state index in [1.165, 1.54) is 29.8 Å². The highest BCUT2D eigenvalue weighted by Crippen LogP contribution is 2.37. The van der Waals surface area contributed by atoms with Crippen molar-refractivity contribution >= 4 is 11.3 Å². The van der Waals surface area contributed by atoms with Gasteiger partial charge < -0.3 is 5.73 Å². The molecule has 0 bridgehead atoms. The fourth-order valence-corrected chi connectivity index (χ4v) is 4.38. The van der Waals surface area contributed by atoms with Crippen molar-refractivity contribution in [1.82, 2.24) is 4.90 Å². The van der Waals surface area contributed by atoms with Crippen LogP contribution in [0.3, 0.4) is 0 Å². The van der Waals surface area contributed by atoms with Crippen LogP contribution < -0.4 is 5.73 Å². The predicted octanol–water partition coefficient (Wildman–Crippen LogP) is 3.96. The molecule has 2 N–H and O–H groups in total. The highest BCUT2D eigenvalue weighted by atomic mass is 32.1. The molecular weight excluding hydrogens is 252 g/mol. The van der Waals surface area contributed by atoms with Crippen molar-refractivity contribution in [3.05, 3.63) is 21.9 Å². The number of thiophene rings is 1. The van der Waals surface area contributed by atoms with E-state index in [4.69, 9.17) is 5.73 Å². The van der Waals surface area contributed by atoms with Crippen molar-refractivity contribution in [2.24, 2.45) is 11.7 Å². The lowest BCUT2D eigenvalue weighted by atomic mass is 9.88. The van der Waals surface area contributed by atoms with Gasteiger partial charge in [0.1, 0.15) is 0 Å². The lowest BCUT2D eigenvalue weighted by molar-refractivity contribution is 0.0560. The maximum Gasteiger partial charge on any atom is 0.0598 e. The molecule has 108 valence electrons. The summed E-state index contributed by atoms with van der Waals surface area (Å²) >= 11 is 1.88. The first-order chi connectivity index (χ1) is 9.06. The second-order valence-electron chi connectivity index (χ2n) is 6.08. The summed E-state index contributed by atoms with van der Waals surface area (Å²) in [4.78, 5) is 4.15. The standard InChI is InChI=1S/C16H28N2S/c1-5-14(17)15(16-12(3)8-10-19-16)18-9-6-7-11(2)13(18)4/h8,10-11,13-15H,5-7,9,17H2,1-4H3. The molecule has 19 heavy (non-hydrogen) atoms. The Hall–Kier alpha value is -0.380. The minimum Gasteiger partial charge on any atom is -0.326 e. The van der Waals surface area contributed by atoms with E-state index in [9.17, 15) is 0 Å². The SMILES string of the molecule is CCC(N)C(c1sccc1C)N1CCCC(C)C1C. The van der Waals surface area contributed by atoms with Gasteiger partial charge in [-0.05, 0) is 62.6 Å². The van der Waals surface area contributed by atoms with Crippen LogP contribution in [0.4, 0.5) is 0 Å². The third-order valence-corrected chi connectivity index (χ3v) is 5.92. The van der Waals surface area contributed by atoms with E-state index in [1.54, 1.807) is 0 Å². The zero-order valence-corrected chi connectivity index (χ0v) is 13.5. The number of likely N-dealkylation sites (tertiary alicyclic amines) is 1. The summed E-state index contributed by atoms with van der Waals surface area (Å²) in [5.74, 6) is 0.778. The van der Waals surface area contributed by atoms with Crippen LogP contribution in [-0.4, -0.2) is 23.5 Å². The molecule has 1 saturated heterocycles. The summed E-state index contributed by atoms with van der Waals surface area (Å²) in [5.41, 5.74) is 7.89. The molecule has 4 unspecified atom stereocenters. The summed E-state index contributed by atoms with van der Waals surface area (Å²) < 4.78 is 0. The van der Waals surface area contributed by atoms with Gasteiger partial charge in [-0.1, -0.05) is 13.8 Å². The van der Waals surface area contributed by atoms with E-state index in [2.05, 4.69) is 44.0 Å². The molecule has 1 fully saturated rings. The lowest BCUT2D eigenvalue weighted by Gasteiger charge is -2.44. The molecule has 2 heterocycles. The first kappa shape index (κ1) is 15.0. The van der Waals surface area contributed by atoms with Crippen LogP contribution in [0.5, 0.6) is 0 Å². The number of hydrogen-bond donors (Lipinski definition) is 1. The Morgan fingerprint density at radius 3 is 2.79 bits per heavy atom. The van der Waals surface area contributed by atoms with Gasteiger partial charge in [-0.15, -0.1) is 11.3 Å². The van der Waals surface area contributed by atoms with Gasteiger partial charge in [-0.3, -0.25) is 4.90 Å². The number of aryl methyl sites for hydroxylation is 1. The van der Waals surface area contributed by atoms with Gasteiger partial charge in [-0.25, -0.2) is 0 Å². The Kier molecular flexibility index (Phi) is 5.04. The number of hydrogen-bond acceptors (Lipinski definition) is 3. The number of piperidine rings is 1. The molecule has 0 radical (unpaired) electrons. The van der Waals surface area contributed by atoms with Crippen molar-refractivity contribution in [3.63, 3.8) is 0 Å². The maximum absolute atomic E-state index is 6.48. The van der Waals surface area contributed by atoms with E-state index >= 15 is 0 Å². The maximum atomic E-state index is 6.48. The molecule has 1 aliphatic heterocycles. The van der Waals surface area contributed by atoms with Crippen LogP contribution in [0.2, 0.25) is 0 Å². The third-order valence-electron chi connectivity index (χ3n) is 4.83. The quantitative estimate of drug-likeness (QED) is 0.904. The van der Waals surface area contributed by atoms with Crippen LogP contribution in [0.25, 0.3) is 0 Å². The zero-order valence-electron chi connectivity index (χ0n) is 12.7. The van der Waals surface area contributed by atoms with E-state index in [0.717, 1.165) is 12.3 Å². The molecule has 1 aromatic heterocycles. The fourth-order valence-electron chi connectivity index (χ4n) is 3.26. The van der Waals surface area contributed by atoms with E-state index in [-0.39, 0.29) is 6.04 Å². The Morgan fingerprint density at radius 1 is 1.47 bits per heavy atom. The predicted molar refractivity (Wildman–Crippen MR) is 84.6 cm³/mol. The molecule has 1 aliphatic rings. The molecule has 0 saturated carbocycles. The van der Waals surface area contributed by atoms with Crippen molar-refractivity contribution in [2.75, 3.05) is 6.54 Å². The van der Waals surface area contributed by atoms with Crippen LogP contribution in [0, 0.1) is 12.8 Å². The zero-order chi connectivity index (χ0) is 14.0. The second-order valence-corrected chi connectivity index (χ2v) is 7.03. The van der Waals surface area contributed by atoms with Crippen molar-refractivity contribution in [1.29, 1.82) is 0 Å². The normalized spacial score (nSPS) is 28.3. The Morgan fingerprint density at radius 2 is 2.21 bits per heavy atom. The Labute approximate surface area is 122 Å². The summed E-state index contributed by atoms with van der Waals surface area (Å²) in [7, 11) is 0. The summed E-state index contributed by atoms with van der Waals surface area (Å²) in [5, 5.41) is 2.21. The lowest BCUT2D eigenvalue weighted by Crippen LogP contribution is -2.49. The number of nitrogens with two attached hydrogens (primary N) is 1. The molecule has 0 spiro atoms. The molecular formula is C16H28N2S. The monoisotopic (exact) mass is 280 g/mol. The molecule has 3 heteroatoms. The van der Waals surface area contributed by atoms with E-state index < -0.39 is 0 Å². The van der Waals surface area contributed by atoms with Gasteiger partial charge in [0.25, 0.3) is 0 Å². The molecule has 2 rings (SSSR count). The van der Waals surface area contributed by atoms with Gasteiger partial charge in [-0.2, -0.15) is 0 Å². The second kappa shape index (κ2) is 6.38. The molecule has 0 amide bonds. The summed E-state index contributed by atoms with van der Waals surface area (Å²) in [6.45, 7) is 10.4. The average Bonchev–Trinajstić information content (AvgIpc) is 2.81. The minimum atomic E-state index is 0.241. The summed E-state index contributed by atoms with van der Waals surface area (Å²) in [6, 6.07) is 3.51. The highest BCUT2D eigenvalue weighted by Gasteiger charge is 2.34. The topological polar surface area (TPSA) is 29.3 Å². The Bertz CT molecular complexity index is 401. The van der Waals surface area contributed by atoms with Crippen LogP contribution in [-0.2, 0) is 0 Å². The van der Waals surface area contributed by atoms with Gasteiger partial charge in [0.15, 0.2) is 0 Å². The van der Waals surface area contributed by atoms with Gasteiger partial charge in [0.2, 0.25) is 0 Å². The third kappa shape index (κ3) is 3.04. The van der Waals surface area contributed by atoms with Gasteiger partial charge in [0.05, 0.1) is 6.04 Å². The van der Waals surface area contributed by atoms with E-state index in [1.807, 2.05) is 11.3 Å². The van der Waals surface area contributed by atoms with Crippen molar-refractivity contribution in [3.8, 4) is 0 Å². The molecule has 1 aromatic rings. The van der Waals surface area contributed by atoms with Crippen LogP contribution >= 0.6 is 11.3 Å². The van der Waals surface area contributed by atoms with E-state index in [0.29, 0.717) is 12.1 Å². The molecule has 0 aliphatic carbocycles. The van der Waals surface area contributed by atoms with Crippen LogP contribution in [0.1, 0.15) is 56.5 Å². The first-order valence-corrected chi connectivity index (χ1v) is 8.49. The smallest absolute Gasteiger partial charge is 0.0598 e. The molecule has 2 nitrogen and oxygen atoms in total. The molecule has 0 aromatic carbocycles. The number of nitrogens with zero attached hydrogens (tertiary/aromatic N) is 1. The first-order valence-electron chi connectivity index (χ1n) is 7.61. The van der Waals surface area contributed by atoms with Crippen molar-refractivity contribution < 1.29 is 0 Å². The highest BCUT2D eigenvalue weighted by molar-refractivity contribution is 7.10. The van der Waals surface area contributed by atoms with Gasteiger partial charge >= 0.3 is 0 Å². The number of rotatable bonds is 4. The fraction of sp³-hybridized carbons (Fsp3) is 0.750. The Balaban J connectivity index is 2.30. The minimum absolute atomic E-state index is 0.241. The summed E-state index contributed by atoms with van der Waals surface area (Å²) in [6.07, 6.45) is 3.71.